The van der Waals surface area contributed by atoms with E-state index in [2.05, 4.69) is 28.9 Å². The van der Waals surface area contributed by atoms with Crippen LogP contribution >= 0.6 is 0 Å². The zero-order valence-electron chi connectivity index (χ0n) is 36.8. The van der Waals surface area contributed by atoms with Crippen molar-refractivity contribution in [3.05, 3.63) is 60.7 Å². The second kappa shape index (κ2) is 23.3. The van der Waals surface area contributed by atoms with Gasteiger partial charge in [-0.2, -0.15) is 0 Å². The van der Waals surface area contributed by atoms with Gasteiger partial charge in [-0.3, -0.25) is 0 Å². The van der Waals surface area contributed by atoms with E-state index in [0.717, 1.165) is 35.1 Å². The summed E-state index contributed by atoms with van der Waals surface area (Å²) in [5.74, 6) is 2.58. The molecule has 3 aromatic carbocycles. The van der Waals surface area contributed by atoms with Gasteiger partial charge in [-0.1, -0.05) is 31.5 Å². The molecule has 3 amide bonds. The van der Waals surface area contributed by atoms with E-state index in [1.165, 1.54) is 0 Å². The molecular formula is C46H67N3O10. The number of hydrogen-bond donors (Lipinski definition) is 3. The summed E-state index contributed by atoms with van der Waals surface area (Å²) in [6, 6.07) is 19.8. The van der Waals surface area contributed by atoms with Crippen molar-refractivity contribution >= 4 is 18.3 Å². The lowest BCUT2D eigenvalue weighted by Gasteiger charge is -2.19. The van der Waals surface area contributed by atoms with E-state index < -0.39 is 35.1 Å². The first-order valence-electron chi connectivity index (χ1n) is 20.6. The highest BCUT2D eigenvalue weighted by molar-refractivity contribution is 5.76. The molecule has 0 aliphatic carbocycles. The zero-order valence-corrected chi connectivity index (χ0v) is 36.8. The highest BCUT2D eigenvalue weighted by atomic mass is 16.6. The molecule has 0 aliphatic rings. The van der Waals surface area contributed by atoms with Crippen molar-refractivity contribution in [1.82, 2.24) is 16.0 Å². The summed E-state index contributed by atoms with van der Waals surface area (Å²) in [5, 5.41) is 8.30. The first kappa shape index (κ1) is 48.0. The van der Waals surface area contributed by atoms with Crippen LogP contribution in [0.25, 0.3) is 22.3 Å². The molecular weight excluding hydrogens is 755 g/mol. The molecule has 0 unspecified atom stereocenters. The number of unbranched alkanes of at least 4 members (excludes halogenated alkanes) is 1. The Balaban J connectivity index is 1.79. The summed E-state index contributed by atoms with van der Waals surface area (Å²) in [6.07, 6.45) is 2.25. The lowest BCUT2D eigenvalue weighted by molar-refractivity contribution is 0.0513. The molecule has 326 valence electrons. The largest absolute Gasteiger partial charge is 0.493 e. The van der Waals surface area contributed by atoms with Crippen LogP contribution in [0.3, 0.4) is 0 Å². The van der Waals surface area contributed by atoms with Gasteiger partial charge in [0.1, 0.15) is 39.8 Å². The highest BCUT2D eigenvalue weighted by Gasteiger charge is 2.18. The predicted octanol–water partition coefficient (Wildman–Crippen LogP) is 10.1. The van der Waals surface area contributed by atoms with Crippen LogP contribution in [-0.2, 0) is 14.2 Å². The summed E-state index contributed by atoms with van der Waals surface area (Å²) < 4.78 is 40.6. The fourth-order valence-corrected chi connectivity index (χ4v) is 5.32. The standard InChI is InChI=1S/C46H67N3O10/c1-11-12-22-53-37-27-35(28-38(31-37)54-23-14-19-47-41(50)57-44(2,3)4)33-17-13-18-34(26-33)36-29-39(55-24-15-20-48-42(51)58-45(5,6)7)32-40(30-36)56-25-16-21-49-43(52)59-46(8,9)10/h13,17-18,26-32H,11-12,14-16,19-25H2,1-10H3,(H,47,50)(H,48,51)(H,49,52). The quantitative estimate of drug-likeness (QED) is 0.0699. The summed E-state index contributed by atoms with van der Waals surface area (Å²) >= 11 is 0. The number of amides is 3. The second-order valence-corrected chi connectivity index (χ2v) is 17.1. The Morgan fingerprint density at radius 2 is 0.746 bits per heavy atom. The van der Waals surface area contributed by atoms with Crippen molar-refractivity contribution in [2.75, 3.05) is 46.1 Å². The van der Waals surface area contributed by atoms with Crippen molar-refractivity contribution in [1.29, 1.82) is 0 Å². The highest BCUT2D eigenvalue weighted by Crippen LogP contribution is 2.35. The smallest absolute Gasteiger partial charge is 0.407 e. The van der Waals surface area contributed by atoms with Gasteiger partial charge in [0.2, 0.25) is 0 Å². The second-order valence-electron chi connectivity index (χ2n) is 17.1. The minimum absolute atomic E-state index is 0.350. The third kappa shape index (κ3) is 20.8. The maximum absolute atomic E-state index is 12.1. The van der Waals surface area contributed by atoms with Crippen LogP contribution in [0.5, 0.6) is 23.0 Å². The topological polar surface area (TPSA) is 152 Å². The summed E-state index contributed by atoms with van der Waals surface area (Å²) in [4.78, 5) is 36.2. The molecule has 0 saturated carbocycles. The molecule has 0 aliphatic heterocycles. The Morgan fingerprint density at radius 3 is 1.03 bits per heavy atom. The summed E-state index contributed by atoms with van der Waals surface area (Å²) in [7, 11) is 0. The van der Waals surface area contributed by atoms with E-state index >= 15 is 0 Å². The summed E-state index contributed by atoms with van der Waals surface area (Å²) in [5.41, 5.74) is 1.96. The minimum atomic E-state index is -0.578. The van der Waals surface area contributed by atoms with Gasteiger partial charge in [0.05, 0.1) is 26.4 Å². The molecule has 0 fully saturated rings. The van der Waals surface area contributed by atoms with Crippen molar-refractivity contribution in [3.8, 4) is 45.3 Å². The monoisotopic (exact) mass is 821 g/mol. The fourth-order valence-electron chi connectivity index (χ4n) is 5.32. The van der Waals surface area contributed by atoms with Crippen molar-refractivity contribution in [3.63, 3.8) is 0 Å². The van der Waals surface area contributed by atoms with Gasteiger partial charge in [-0.25, -0.2) is 14.4 Å². The van der Waals surface area contributed by atoms with E-state index in [-0.39, 0.29) is 0 Å². The molecule has 3 N–H and O–H groups in total. The van der Waals surface area contributed by atoms with Crippen LogP contribution in [0.2, 0.25) is 0 Å². The number of benzene rings is 3. The molecule has 3 aromatic rings. The van der Waals surface area contributed by atoms with Gasteiger partial charge in [0.15, 0.2) is 0 Å². The Kier molecular flexibility index (Phi) is 19.0. The number of rotatable bonds is 21. The Labute approximate surface area is 351 Å². The van der Waals surface area contributed by atoms with E-state index in [1.54, 1.807) is 0 Å². The average molecular weight is 822 g/mol. The SMILES string of the molecule is CCCCOc1cc(OCCCNC(=O)OC(C)(C)C)cc(-c2cccc(-c3cc(OCCCNC(=O)OC(C)(C)C)cc(OCCCNC(=O)OC(C)(C)C)c3)c2)c1. The van der Waals surface area contributed by atoms with E-state index in [0.29, 0.717) is 88.3 Å². The van der Waals surface area contributed by atoms with Crippen LogP contribution in [0, 0.1) is 0 Å². The fraction of sp³-hybridized carbons (Fsp3) is 0.543. The van der Waals surface area contributed by atoms with Crippen molar-refractivity contribution < 1.29 is 47.5 Å². The lowest BCUT2D eigenvalue weighted by atomic mass is 9.98. The molecule has 0 saturated heterocycles. The third-order valence-corrected chi connectivity index (χ3v) is 7.83. The first-order valence-corrected chi connectivity index (χ1v) is 20.6. The van der Waals surface area contributed by atoms with Gasteiger partial charge in [0.25, 0.3) is 0 Å². The van der Waals surface area contributed by atoms with Crippen LogP contribution in [0.15, 0.2) is 60.7 Å². The van der Waals surface area contributed by atoms with Gasteiger partial charge in [0, 0.05) is 31.8 Å². The first-order chi connectivity index (χ1) is 27.8. The molecule has 13 heteroatoms. The molecule has 0 heterocycles. The summed E-state index contributed by atoms with van der Waals surface area (Å²) in [6.45, 7) is 21.4. The zero-order chi connectivity index (χ0) is 43.5. The van der Waals surface area contributed by atoms with Gasteiger partial charge in [-0.15, -0.1) is 0 Å². The van der Waals surface area contributed by atoms with Crippen molar-refractivity contribution in [2.45, 2.75) is 118 Å². The van der Waals surface area contributed by atoms with Gasteiger partial charge in [-0.05, 0) is 141 Å². The number of ether oxygens (including phenoxy) is 7. The Morgan fingerprint density at radius 1 is 0.441 bits per heavy atom. The average Bonchev–Trinajstić information content (AvgIpc) is 3.12. The van der Waals surface area contributed by atoms with Crippen LogP contribution in [0.4, 0.5) is 14.4 Å². The number of carbonyl (C=O) groups is 3. The molecule has 0 radical (unpaired) electrons. The molecule has 0 bridgehead atoms. The number of nitrogens with one attached hydrogen (secondary N) is 3. The van der Waals surface area contributed by atoms with Gasteiger partial charge >= 0.3 is 18.3 Å². The lowest BCUT2D eigenvalue weighted by Crippen LogP contribution is -2.33. The molecule has 59 heavy (non-hydrogen) atoms. The van der Waals surface area contributed by atoms with Crippen molar-refractivity contribution in [2.24, 2.45) is 0 Å². The predicted molar refractivity (Wildman–Crippen MR) is 231 cm³/mol. The maximum atomic E-state index is 12.1. The maximum Gasteiger partial charge on any atom is 0.407 e. The Bertz CT molecular complexity index is 1720. The van der Waals surface area contributed by atoms with E-state index in [1.807, 2.05) is 117 Å². The third-order valence-electron chi connectivity index (χ3n) is 7.83. The molecule has 13 nitrogen and oxygen atoms in total. The molecule has 0 atom stereocenters. The van der Waals surface area contributed by atoms with E-state index in [4.69, 9.17) is 33.2 Å². The molecule has 3 rings (SSSR count). The normalized spacial score (nSPS) is 11.6. The van der Waals surface area contributed by atoms with Crippen LogP contribution in [0.1, 0.15) is 101 Å². The van der Waals surface area contributed by atoms with Crippen LogP contribution < -0.4 is 34.9 Å². The van der Waals surface area contributed by atoms with Crippen LogP contribution in [-0.4, -0.2) is 81.1 Å². The number of carbonyl (C=O) groups excluding carboxylic acids is 3. The molecule has 0 spiro atoms. The Hall–Kier alpha value is -5.33. The number of hydrogen-bond acceptors (Lipinski definition) is 10. The minimum Gasteiger partial charge on any atom is -0.493 e. The number of alkyl carbamates (subject to hydrolysis) is 3. The van der Waals surface area contributed by atoms with Gasteiger partial charge < -0.3 is 49.1 Å². The van der Waals surface area contributed by atoms with E-state index in [9.17, 15) is 14.4 Å². The molecule has 0 aromatic heterocycles.